The van der Waals surface area contributed by atoms with E-state index in [4.69, 9.17) is 5.84 Å². The van der Waals surface area contributed by atoms with E-state index in [2.05, 4.69) is 46.8 Å². The normalized spacial score (nSPS) is 10.7. The van der Waals surface area contributed by atoms with Crippen molar-refractivity contribution in [1.29, 1.82) is 0 Å². The van der Waals surface area contributed by atoms with Crippen molar-refractivity contribution < 1.29 is 0 Å². The molecule has 5 N–H and O–H groups in total. The molecule has 0 aliphatic rings. The summed E-state index contributed by atoms with van der Waals surface area (Å²) in [5.74, 6) is 6.37. The Kier molecular flexibility index (Phi) is 3.48. The molecule has 0 unspecified atom stereocenters. The van der Waals surface area contributed by atoms with E-state index in [1.54, 1.807) is 6.20 Å². The van der Waals surface area contributed by atoms with Gasteiger partial charge in [-0.05, 0) is 17.7 Å². The third-order valence-corrected chi connectivity index (χ3v) is 3.28. The largest absolute Gasteiger partial charge is 0.365 e. The SMILES string of the molecule is NNc1nc(NCc2cccc(Br)c2)c2cn[nH]c2n1. The molecule has 8 heteroatoms. The Labute approximate surface area is 123 Å². The second-order valence-corrected chi connectivity index (χ2v) is 5.07. The van der Waals surface area contributed by atoms with Gasteiger partial charge in [0.05, 0.1) is 11.6 Å². The minimum absolute atomic E-state index is 0.332. The first kappa shape index (κ1) is 12.8. The van der Waals surface area contributed by atoms with Crippen LogP contribution in [0.5, 0.6) is 0 Å². The zero-order valence-electron chi connectivity index (χ0n) is 10.4. The molecule has 0 aliphatic carbocycles. The lowest BCUT2D eigenvalue weighted by atomic mass is 10.2. The lowest BCUT2D eigenvalue weighted by Crippen LogP contribution is -2.12. The molecule has 0 aliphatic heterocycles. The Bertz CT molecular complexity index is 740. The zero-order chi connectivity index (χ0) is 13.9. The first-order valence-electron chi connectivity index (χ1n) is 5.92. The topological polar surface area (TPSA) is 105 Å². The number of hydrogen-bond donors (Lipinski definition) is 4. The summed E-state index contributed by atoms with van der Waals surface area (Å²) in [6.07, 6.45) is 1.68. The third kappa shape index (κ3) is 2.56. The maximum atomic E-state index is 5.36. The molecule has 3 rings (SSSR count). The highest BCUT2D eigenvalue weighted by molar-refractivity contribution is 9.10. The molecule has 2 aromatic heterocycles. The van der Waals surface area contributed by atoms with Gasteiger partial charge in [0.15, 0.2) is 5.65 Å². The summed E-state index contributed by atoms with van der Waals surface area (Å²) >= 11 is 3.45. The summed E-state index contributed by atoms with van der Waals surface area (Å²) in [5, 5.41) is 10.8. The molecule has 0 fully saturated rings. The maximum absolute atomic E-state index is 5.36. The lowest BCUT2D eigenvalue weighted by molar-refractivity contribution is 1.07. The van der Waals surface area contributed by atoms with Gasteiger partial charge < -0.3 is 5.32 Å². The number of rotatable bonds is 4. The number of anilines is 2. The van der Waals surface area contributed by atoms with Crippen LogP contribution in [-0.2, 0) is 6.54 Å². The van der Waals surface area contributed by atoms with Crippen LogP contribution >= 0.6 is 15.9 Å². The predicted octanol–water partition coefficient (Wildman–Crippen LogP) is 2.01. The Hall–Kier alpha value is -2.19. The van der Waals surface area contributed by atoms with E-state index in [9.17, 15) is 0 Å². The molecule has 0 amide bonds. The first-order valence-corrected chi connectivity index (χ1v) is 6.71. The van der Waals surface area contributed by atoms with Gasteiger partial charge in [-0.1, -0.05) is 28.1 Å². The van der Waals surface area contributed by atoms with Crippen LogP contribution in [0.2, 0.25) is 0 Å². The molecule has 7 nitrogen and oxygen atoms in total. The molecule has 0 radical (unpaired) electrons. The van der Waals surface area contributed by atoms with Gasteiger partial charge >= 0.3 is 0 Å². The predicted molar refractivity (Wildman–Crippen MR) is 81.0 cm³/mol. The van der Waals surface area contributed by atoms with E-state index in [1.165, 1.54) is 0 Å². The average molecular weight is 334 g/mol. The van der Waals surface area contributed by atoms with Crippen molar-refractivity contribution >= 4 is 38.7 Å². The second-order valence-electron chi connectivity index (χ2n) is 4.16. The van der Waals surface area contributed by atoms with Crippen molar-refractivity contribution in [3.8, 4) is 0 Å². The molecule has 102 valence electrons. The number of aromatic nitrogens is 4. The van der Waals surface area contributed by atoms with Gasteiger partial charge in [-0.25, -0.2) is 5.84 Å². The van der Waals surface area contributed by atoms with E-state index in [1.807, 2.05) is 24.3 Å². The van der Waals surface area contributed by atoms with E-state index in [-0.39, 0.29) is 0 Å². The molecule has 0 spiro atoms. The smallest absolute Gasteiger partial charge is 0.241 e. The number of hydrogen-bond acceptors (Lipinski definition) is 6. The van der Waals surface area contributed by atoms with Gasteiger partial charge in [0.25, 0.3) is 0 Å². The summed E-state index contributed by atoms with van der Waals surface area (Å²) in [6.45, 7) is 0.640. The van der Waals surface area contributed by atoms with Crippen LogP contribution in [0.4, 0.5) is 11.8 Å². The number of nitrogens with one attached hydrogen (secondary N) is 3. The van der Waals surface area contributed by atoms with Crippen LogP contribution in [0, 0.1) is 0 Å². The number of nitrogens with zero attached hydrogens (tertiary/aromatic N) is 3. The van der Waals surface area contributed by atoms with Crippen LogP contribution in [-0.4, -0.2) is 20.2 Å². The molecule has 1 aromatic carbocycles. The van der Waals surface area contributed by atoms with E-state index < -0.39 is 0 Å². The molecule has 0 bridgehead atoms. The minimum atomic E-state index is 0.332. The summed E-state index contributed by atoms with van der Waals surface area (Å²) in [6, 6.07) is 8.05. The number of benzene rings is 1. The molecule has 0 saturated carbocycles. The molecular formula is C12H12BrN7. The number of nitrogen functional groups attached to an aromatic ring is 1. The van der Waals surface area contributed by atoms with E-state index >= 15 is 0 Å². The van der Waals surface area contributed by atoms with Gasteiger partial charge in [-0.2, -0.15) is 15.1 Å². The van der Waals surface area contributed by atoms with Crippen molar-refractivity contribution in [1.82, 2.24) is 20.2 Å². The molecule has 2 heterocycles. The van der Waals surface area contributed by atoms with Crippen molar-refractivity contribution in [2.75, 3.05) is 10.7 Å². The van der Waals surface area contributed by atoms with Gasteiger partial charge in [0.2, 0.25) is 5.95 Å². The summed E-state index contributed by atoms with van der Waals surface area (Å²) in [7, 11) is 0. The van der Waals surface area contributed by atoms with Crippen molar-refractivity contribution in [2.24, 2.45) is 5.84 Å². The molecular weight excluding hydrogens is 322 g/mol. The van der Waals surface area contributed by atoms with Crippen LogP contribution in [0.1, 0.15) is 5.56 Å². The summed E-state index contributed by atoms with van der Waals surface area (Å²) < 4.78 is 1.04. The third-order valence-electron chi connectivity index (χ3n) is 2.79. The highest BCUT2D eigenvalue weighted by Crippen LogP contribution is 2.20. The quantitative estimate of drug-likeness (QED) is 0.430. The minimum Gasteiger partial charge on any atom is -0.365 e. The number of fused-ring (bicyclic) bond motifs is 1. The number of aromatic amines is 1. The van der Waals surface area contributed by atoms with E-state index in [0.717, 1.165) is 15.4 Å². The van der Waals surface area contributed by atoms with Crippen LogP contribution in [0.25, 0.3) is 11.0 Å². The van der Waals surface area contributed by atoms with Crippen molar-refractivity contribution in [3.63, 3.8) is 0 Å². The Morgan fingerprint density at radius 2 is 2.20 bits per heavy atom. The number of hydrazine groups is 1. The highest BCUT2D eigenvalue weighted by Gasteiger charge is 2.08. The molecule has 20 heavy (non-hydrogen) atoms. The molecule has 0 atom stereocenters. The average Bonchev–Trinajstić information content (AvgIpc) is 2.93. The van der Waals surface area contributed by atoms with Gasteiger partial charge in [0, 0.05) is 11.0 Å². The van der Waals surface area contributed by atoms with Gasteiger partial charge in [-0.3, -0.25) is 10.5 Å². The first-order chi connectivity index (χ1) is 9.76. The Balaban J connectivity index is 1.88. The maximum Gasteiger partial charge on any atom is 0.241 e. The molecule has 3 aromatic rings. The zero-order valence-corrected chi connectivity index (χ0v) is 12.0. The highest BCUT2D eigenvalue weighted by atomic mass is 79.9. The monoisotopic (exact) mass is 333 g/mol. The fourth-order valence-electron chi connectivity index (χ4n) is 1.87. The second kappa shape index (κ2) is 5.43. The standard InChI is InChI=1S/C12H12BrN7/c13-8-3-1-2-7(4-8)5-15-10-9-6-16-20-11(9)18-12(17-10)19-14/h1-4,6H,5,14H2,(H3,15,16,17,18,19,20). The Morgan fingerprint density at radius 3 is 3.00 bits per heavy atom. The fourth-order valence-corrected chi connectivity index (χ4v) is 2.31. The lowest BCUT2D eigenvalue weighted by Gasteiger charge is -2.08. The van der Waals surface area contributed by atoms with E-state index in [0.29, 0.717) is 24.0 Å². The number of halogens is 1. The van der Waals surface area contributed by atoms with Crippen LogP contribution in [0.15, 0.2) is 34.9 Å². The summed E-state index contributed by atoms with van der Waals surface area (Å²) in [5.41, 5.74) is 4.20. The summed E-state index contributed by atoms with van der Waals surface area (Å²) in [4.78, 5) is 8.47. The van der Waals surface area contributed by atoms with Crippen molar-refractivity contribution in [3.05, 3.63) is 40.5 Å². The molecule has 0 saturated heterocycles. The van der Waals surface area contributed by atoms with Crippen molar-refractivity contribution in [2.45, 2.75) is 6.54 Å². The van der Waals surface area contributed by atoms with Gasteiger partial charge in [0.1, 0.15) is 5.82 Å². The van der Waals surface area contributed by atoms with Crippen LogP contribution < -0.4 is 16.6 Å². The number of nitrogens with two attached hydrogens (primary N) is 1. The number of H-pyrrole nitrogens is 1. The Morgan fingerprint density at radius 1 is 1.30 bits per heavy atom. The fraction of sp³-hybridized carbons (Fsp3) is 0.0833. The van der Waals surface area contributed by atoms with Gasteiger partial charge in [-0.15, -0.1) is 0 Å². The van der Waals surface area contributed by atoms with Crippen LogP contribution in [0.3, 0.4) is 0 Å².